The molecule has 7 nitrogen and oxygen atoms in total. The predicted octanol–water partition coefficient (Wildman–Crippen LogP) is 3.28. The SMILES string of the molecule is O=C(CCCOc1ccc([N+](=O)[O-])c(F)c1)N1CCN(CCc2ccccc2)CC1. The number of carbonyl (C=O) groups is 1. The van der Waals surface area contributed by atoms with Crippen molar-refractivity contribution in [2.75, 3.05) is 39.3 Å². The Morgan fingerprint density at radius 1 is 1.10 bits per heavy atom. The Labute approximate surface area is 175 Å². The van der Waals surface area contributed by atoms with Crippen LogP contribution in [-0.2, 0) is 11.2 Å². The summed E-state index contributed by atoms with van der Waals surface area (Å²) in [7, 11) is 0. The molecule has 30 heavy (non-hydrogen) atoms. The number of amides is 1. The summed E-state index contributed by atoms with van der Waals surface area (Å²) < 4.78 is 19.0. The topological polar surface area (TPSA) is 75.9 Å². The number of piperazine rings is 1. The van der Waals surface area contributed by atoms with Crippen LogP contribution in [0.2, 0.25) is 0 Å². The molecule has 1 fully saturated rings. The molecule has 0 radical (unpaired) electrons. The van der Waals surface area contributed by atoms with Crippen molar-refractivity contribution in [2.45, 2.75) is 19.3 Å². The number of hydrogen-bond acceptors (Lipinski definition) is 5. The maximum Gasteiger partial charge on any atom is 0.305 e. The van der Waals surface area contributed by atoms with Crippen LogP contribution in [0.1, 0.15) is 18.4 Å². The minimum absolute atomic E-state index is 0.0937. The molecule has 0 bridgehead atoms. The molecule has 3 rings (SSSR count). The van der Waals surface area contributed by atoms with E-state index in [0.717, 1.165) is 51.3 Å². The molecule has 0 saturated carbocycles. The minimum atomic E-state index is -0.932. The number of halogens is 1. The largest absolute Gasteiger partial charge is 0.493 e. The van der Waals surface area contributed by atoms with E-state index in [1.165, 1.54) is 11.6 Å². The number of nitro groups is 1. The van der Waals surface area contributed by atoms with Gasteiger partial charge in [0.05, 0.1) is 11.5 Å². The molecule has 1 aliphatic rings. The van der Waals surface area contributed by atoms with Gasteiger partial charge >= 0.3 is 5.69 Å². The fraction of sp³-hybridized carbons (Fsp3) is 0.409. The third-order valence-corrected chi connectivity index (χ3v) is 5.20. The van der Waals surface area contributed by atoms with Gasteiger partial charge in [-0.1, -0.05) is 30.3 Å². The molecule has 0 N–H and O–H groups in total. The standard InChI is InChI=1S/C22H26FN3O4/c23-20-17-19(8-9-21(20)26(28)29)30-16-4-7-22(27)25-14-12-24(13-15-25)11-10-18-5-2-1-3-6-18/h1-3,5-6,8-9,17H,4,7,10-16H2. The van der Waals surface area contributed by atoms with Gasteiger partial charge < -0.3 is 9.64 Å². The van der Waals surface area contributed by atoms with Crippen molar-refractivity contribution < 1.29 is 18.8 Å². The van der Waals surface area contributed by atoms with Crippen LogP contribution >= 0.6 is 0 Å². The van der Waals surface area contributed by atoms with Crippen LogP contribution in [0.4, 0.5) is 10.1 Å². The van der Waals surface area contributed by atoms with Crippen molar-refractivity contribution in [3.05, 3.63) is 70.0 Å². The van der Waals surface area contributed by atoms with Crippen molar-refractivity contribution in [3.63, 3.8) is 0 Å². The van der Waals surface area contributed by atoms with Crippen molar-refractivity contribution in [1.82, 2.24) is 9.80 Å². The summed E-state index contributed by atoms with van der Waals surface area (Å²) in [5, 5.41) is 10.6. The van der Waals surface area contributed by atoms with Crippen molar-refractivity contribution >= 4 is 11.6 Å². The highest BCUT2D eigenvalue weighted by Gasteiger charge is 2.20. The van der Waals surface area contributed by atoms with Gasteiger partial charge in [0.25, 0.3) is 0 Å². The Bertz CT molecular complexity index is 855. The molecule has 1 heterocycles. The first kappa shape index (κ1) is 21.7. The molecule has 1 aliphatic heterocycles. The first-order chi connectivity index (χ1) is 14.5. The Hall–Kier alpha value is -3.00. The average Bonchev–Trinajstić information content (AvgIpc) is 2.76. The molecular weight excluding hydrogens is 389 g/mol. The van der Waals surface area contributed by atoms with Gasteiger partial charge in [0.1, 0.15) is 5.75 Å². The number of carbonyl (C=O) groups excluding carboxylic acids is 1. The average molecular weight is 415 g/mol. The molecule has 0 aliphatic carbocycles. The highest BCUT2D eigenvalue weighted by Crippen LogP contribution is 2.22. The normalized spacial score (nSPS) is 14.5. The lowest BCUT2D eigenvalue weighted by molar-refractivity contribution is -0.387. The van der Waals surface area contributed by atoms with E-state index in [2.05, 4.69) is 17.0 Å². The van der Waals surface area contributed by atoms with Gasteiger partial charge in [-0.25, -0.2) is 0 Å². The fourth-order valence-corrected chi connectivity index (χ4v) is 3.45. The maximum atomic E-state index is 13.6. The van der Waals surface area contributed by atoms with E-state index in [0.29, 0.717) is 12.8 Å². The zero-order valence-corrected chi connectivity index (χ0v) is 16.8. The zero-order valence-electron chi connectivity index (χ0n) is 16.8. The second kappa shape index (κ2) is 10.7. The number of nitrogens with zero attached hydrogens (tertiary/aromatic N) is 3. The number of ether oxygens (including phenoxy) is 1. The Morgan fingerprint density at radius 2 is 1.83 bits per heavy atom. The van der Waals surface area contributed by atoms with Crippen molar-refractivity contribution in [3.8, 4) is 5.75 Å². The van der Waals surface area contributed by atoms with E-state index in [4.69, 9.17) is 4.74 Å². The van der Waals surface area contributed by atoms with Crippen LogP contribution < -0.4 is 4.74 Å². The lowest BCUT2D eigenvalue weighted by Gasteiger charge is -2.34. The second-order valence-electron chi connectivity index (χ2n) is 7.28. The van der Waals surface area contributed by atoms with Gasteiger partial charge in [-0.05, 0) is 24.5 Å². The molecule has 0 aromatic heterocycles. The highest BCUT2D eigenvalue weighted by molar-refractivity contribution is 5.76. The molecule has 1 amide bonds. The number of nitro benzene ring substituents is 1. The molecule has 1 saturated heterocycles. The monoisotopic (exact) mass is 415 g/mol. The predicted molar refractivity (Wildman–Crippen MR) is 111 cm³/mol. The second-order valence-corrected chi connectivity index (χ2v) is 7.28. The van der Waals surface area contributed by atoms with E-state index < -0.39 is 16.4 Å². The summed E-state index contributed by atoms with van der Waals surface area (Å²) >= 11 is 0. The quantitative estimate of drug-likeness (QED) is 0.357. The first-order valence-electron chi connectivity index (χ1n) is 10.1. The number of rotatable bonds is 9. The van der Waals surface area contributed by atoms with Crippen LogP contribution in [0.15, 0.2) is 48.5 Å². The minimum Gasteiger partial charge on any atom is -0.493 e. The summed E-state index contributed by atoms with van der Waals surface area (Å²) in [6.07, 6.45) is 1.88. The van der Waals surface area contributed by atoms with E-state index in [9.17, 15) is 19.3 Å². The summed E-state index contributed by atoms with van der Waals surface area (Å²) in [6.45, 7) is 4.43. The van der Waals surface area contributed by atoms with Crippen LogP contribution in [-0.4, -0.2) is 60.0 Å². The van der Waals surface area contributed by atoms with Crippen molar-refractivity contribution in [1.29, 1.82) is 0 Å². The molecular formula is C22H26FN3O4. The molecule has 2 aromatic carbocycles. The molecule has 0 unspecified atom stereocenters. The third kappa shape index (κ3) is 6.25. The molecule has 8 heteroatoms. The van der Waals surface area contributed by atoms with Crippen LogP contribution in [0.5, 0.6) is 5.75 Å². The molecule has 2 aromatic rings. The summed E-state index contributed by atoms with van der Waals surface area (Å²) in [5.41, 5.74) is 0.740. The van der Waals surface area contributed by atoms with Gasteiger partial charge in [-0.2, -0.15) is 4.39 Å². The van der Waals surface area contributed by atoms with E-state index in [1.54, 1.807) is 0 Å². The van der Waals surface area contributed by atoms with Gasteiger partial charge in [-0.3, -0.25) is 19.8 Å². The maximum absolute atomic E-state index is 13.6. The number of benzene rings is 2. The first-order valence-corrected chi connectivity index (χ1v) is 10.1. The Kier molecular flexibility index (Phi) is 7.73. The van der Waals surface area contributed by atoms with Gasteiger partial charge in [-0.15, -0.1) is 0 Å². The van der Waals surface area contributed by atoms with Crippen LogP contribution in [0, 0.1) is 15.9 Å². The van der Waals surface area contributed by atoms with E-state index in [1.807, 2.05) is 23.1 Å². The Balaban J connectivity index is 1.32. The molecule has 0 atom stereocenters. The lowest BCUT2D eigenvalue weighted by atomic mass is 10.1. The number of hydrogen-bond donors (Lipinski definition) is 0. The fourth-order valence-electron chi connectivity index (χ4n) is 3.45. The summed E-state index contributed by atoms with van der Waals surface area (Å²) in [6, 6.07) is 13.8. The lowest BCUT2D eigenvalue weighted by Crippen LogP contribution is -2.49. The summed E-state index contributed by atoms with van der Waals surface area (Å²) in [5.74, 6) is -0.618. The Morgan fingerprint density at radius 3 is 2.50 bits per heavy atom. The van der Waals surface area contributed by atoms with Gasteiger partial charge in [0, 0.05) is 51.3 Å². The zero-order chi connectivity index (χ0) is 21.3. The van der Waals surface area contributed by atoms with Gasteiger partial charge in [0.2, 0.25) is 11.7 Å². The van der Waals surface area contributed by atoms with Crippen molar-refractivity contribution in [2.24, 2.45) is 0 Å². The smallest absolute Gasteiger partial charge is 0.305 e. The highest BCUT2D eigenvalue weighted by atomic mass is 19.1. The van der Waals surface area contributed by atoms with E-state index in [-0.39, 0.29) is 18.3 Å². The van der Waals surface area contributed by atoms with Crippen LogP contribution in [0.3, 0.4) is 0 Å². The van der Waals surface area contributed by atoms with Crippen LogP contribution in [0.25, 0.3) is 0 Å². The van der Waals surface area contributed by atoms with E-state index >= 15 is 0 Å². The third-order valence-electron chi connectivity index (χ3n) is 5.20. The molecule has 0 spiro atoms. The summed E-state index contributed by atoms with van der Waals surface area (Å²) in [4.78, 5) is 26.5. The molecule has 160 valence electrons. The van der Waals surface area contributed by atoms with Gasteiger partial charge in [0.15, 0.2) is 0 Å².